The van der Waals surface area contributed by atoms with Gasteiger partial charge in [0.15, 0.2) is 0 Å². The highest BCUT2D eigenvalue weighted by Gasteiger charge is 2.19. The number of carbonyl (C=O) groups is 1. The Morgan fingerprint density at radius 1 is 1.00 bits per heavy atom. The molecule has 3 heteroatoms. The average molecular weight is 347 g/mol. The Morgan fingerprint density at radius 3 is 1.84 bits per heavy atom. The van der Waals surface area contributed by atoms with Crippen LogP contribution in [0.2, 0.25) is 0 Å². The van der Waals surface area contributed by atoms with Crippen molar-refractivity contribution in [2.24, 2.45) is 0 Å². The molecule has 0 aliphatic carbocycles. The fraction of sp³-hybridized carbons (Fsp3) is 0.591. The first-order valence-electron chi connectivity index (χ1n) is 9.32. The summed E-state index contributed by atoms with van der Waals surface area (Å²) in [6, 6.07) is 4.49. The summed E-state index contributed by atoms with van der Waals surface area (Å²) >= 11 is 0. The molecule has 0 unspecified atom stereocenters. The van der Waals surface area contributed by atoms with Gasteiger partial charge in [-0.25, -0.2) is 4.79 Å². The van der Waals surface area contributed by atoms with Crippen LogP contribution in [0.25, 0.3) is 0 Å². The second kappa shape index (κ2) is 9.07. The lowest BCUT2D eigenvalue weighted by molar-refractivity contribution is -0.140. The van der Waals surface area contributed by atoms with E-state index in [-0.39, 0.29) is 12.4 Å². The normalized spacial score (nSPS) is 12.8. The van der Waals surface area contributed by atoms with E-state index in [4.69, 9.17) is 4.74 Å². The van der Waals surface area contributed by atoms with Crippen molar-refractivity contribution < 1.29 is 14.6 Å². The Bertz CT molecular complexity index is 608. The van der Waals surface area contributed by atoms with E-state index in [1.165, 1.54) is 16.7 Å². The van der Waals surface area contributed by atoms with E-state index in [1.807, 2.05) is 6.92 Å². The van der Waals surface area contributed by atoms with Crippen LogP contribution < -0.4 is 0 Å². The van der Waals surface area contributed by atoms with Crippen LogP contribution in [0.3, 0.4) is 0 Å². The zero-order chi connectivity index (χ0) is 19.3. The first kappa shape index (κ1) is 21.3. The molecule has 0 spiro atoms. The molecule has 0 aromatic heterocycles. The molecule has 0 saturated heterocycles. The summed E-state index contributed by atoms with van der Waals surface area (Å²) in [6.07, 6.45) is 0.429. The van der Waals surface area contributed by atoms with Crippen LogP contribution in [-0.2, 0) is 16.1 Å². The van der Waals surface area contributed by atoms with Crippen molar-refractivity contribution in [3.63, 3.8) is 0 Å². The molecule has 1 rings (SSSR count). The molecule has 1 N–H and O–H groups in total. The summed E-state index contributed by atoms with van der Waals surface area (Å²) < 4.78 is 5.54. The number of rotatable bonds is 7. The van der Waals surface area contributed by atoms with Gasteiger partial charge < -0.3 is 9.84 Å². The number of benzene rings is 1. The number of hydrogen-bond acceptors (Lipinski definition) is 3. The maximum Gasteiger partial charge on any atom is 0.337 e. The third kappa shape index (κ3) is 5.35. The molecule has 0 atom stereocenters. The summed E-state index contributed by atoms with van der Waals surface area (Å²) in [4.78, 5) is 12.2. The van der Waals surface area contributed by atoms with Gasteiger partial charge >= 0.3 is 5.97 Å². The number of carbonyl (C=O) groups excluding carboxylic acids is 1. The van der Waals surface area contributed by atoms with Gasteiger partial charge in [-0.05, 0) is 46.9 Å². The molecular formula is C22H34O3. The van der Waals surface area contributed by atoms with E-state index in [9.17, 15) is 9.90 Å². The van der Waals surface area contributed by atoms with Gasteiger partial charge in [0.1, 0.15) is 12.4 Å². The molecule has 0 aliphatic rings. The number of aliphatic hydroxyl groups is 1. The van der Waals surface area contributed by atoms with Gasteiger partial charge in [0.2, 0.25) is 0 Å². The molecular weight excluding hydrogens is 312 g/mol. The van der Waals surface area contributed by atoms with E-state index in [1.54, 1.807) is 6.92 Å². The van der Waals surface area contributed by atoms with Gasteiger partial charge in [0.25, 0.3) is 0 Å². The molecule has 0 fully saturated rings. The molecule has 0 aliphatic heterocycles. The van der Waals surface area contributed by atoms with Gasteiger partial charge in [-0.15, -0.1) is 0 Å². The monoisotopic (exact) mass is 346 g/mol. The SMILES string of the molecule is CC/C(O)=C(\C)C(=O)OCc1c(C(C)C)cc(C(C)C)cc1C(C)C. The predicted molar refractivity (Wildman–Crippen MR) is 104 cm³/mol. The lowest BCUT2D eigenvalue weighted by Gasteiger charge is -2.23. The summed E-state index contributed by atoms with van der Waals surface area (Å²) in [7, 11) is 0. The predicted octanol–water partition coefficient (Wildman–Crippen LogP) is 6.34. The zero-order valence-electron chi connectivity index (χ0n) is 17.1. The molecule has 1 aromatic carbocycles. The molecule has 0 heterocycles. The van der Waals surface area contributed by atoms with Crippen molar-refractivity contribution in [3.8, 4) is 0 Å². The van der Waals surface area contributed by atoms with Crippen molar-refractivity contribution in [1.82, 2.24) is 0 Å². The number of ether oxygens (including phenoxy) is 1. The Balaban J connectivity index is 3.27. The molecule has 0 saturated carbocycles. The fourth-order valence-corrected chi connectivity index (χ4v) is 2.90. The summed E-state index contributed by atoms with van der Waals surface area (Å²) in [5, 5.41) is 9.76. The van der Waals surface area contributed by atoms with Gasteiger partial charge in [-0.2, -0.15) is 0 Å². The van der Waals surface area contributed by atoms with E-state index in [2.05, 4.69) is 53.7 Å². The lowest BCUT2D eigenvalue weighted by atomic mass is 9.85. The van der Waals surface area contributed by atoms with E-state index in [0.29, 0.717) is 29.7 Å². The van der Waals surface area contributed by atoms with Crippen molar-refractivity contribution in [1.29, 1.82) is 0 Å². The van der Waals surface area contributed by atoms with Gasteiger partial charge in [-0.1, -0.05) is 60.6 Å². The quantitative estimate of drug-likeness (QED) is 0.356. The molecule has 0 radical (unpaired) electrons. The van der Waals surface area contributed by atoms with Gasteiger partial charge in [-0.3, -0.25) is 0 Å². The van der Waals surface area contributed by atoms with Crippen LogP contribution >= 0.6 is 0 Å². The molecule has 3 nitrogen and oxygen atoms in total. The summed E-state index contributed by atoms with van der Waals surface area (Å²) in [6.45, 7) is 16.7. The highest BCUT2D eigenvalue weighted by atomic mass is 16.5. The van der Waals surface area contributed by atoms with Gasteiger partial charge in [0.05, 0.1) is 5.57 Å². The average Bonchev–Trinajstić information content (AvgIpc) is 2.56. The topological polar surface area (TPSA) is 46.5 Å². The molecule has 25 heavy (non-hydrogen) atoms. The van der Waals surface area contributed by atoms with Crippen LogP contribution in [0, 0.1) is 0 Å². The summed E-state index contributed by atoms with van der Waals surface area (Å²) in [5.74, 6) is 0.805. The third-order valence-electron chi connectivity index (χ3n) is 4.67. The Morgan fingerprint density at radius 2 is 1.48 bits per heavy atom. The minimum atomic E-state index is -0.448. The van der Waals surface area contributed by atoms with E-state index in [0.717, 1.165) is 5.56 Å². The minimum Gasteiger partial charge on any atom is -0.512 e. The second-order valence-electron chi connectivity index (χ2n) is 7.64. The summed E-state index contributed by atoms with van der Waals surface area (Å²) in [5.41, 5.74) is 5.19. The van der Waals surface area contributed by atoms with E-state index < -0.39 is 5.97 Å². The maximum atomic E-state index is 12.2. The lowest BCUT2D eigenvalue weighted by Crippen LogP contribution is -2.12. The molecule has 0 bridgehead atoms. The Labute approximate surface area is 153 Å². The van der Waals surface area contributed by atoms with Crippen LogP contribution in [0.1, 0.15) is 102 Å². The van der Waals surface area contributed by atoms with Crippen LogP contribution in [0.4, 0.5) is 0 Å². The third-order valence-corrected chi connectivity index (χ3v) is 4.67. The molecule has 140 valence electrons. The van der Waals surface area contributed by atoms with Gasteiger partial charge in [0, 0.05) is 6.42 Å². The second-order valence-corrected chi connectivity index (χ2v) is 7.64. The van der Waals surface area contributed by atoms with E-state index >= 15 is 0 Å². The van der Waals surface area contributed by atoms with Crippen LogP contribution in [0.5, 0.6) is 0 Å². The Kier molecular flexibility index (Phi) is 7.72. The Hall–Kier alpha value is -1.77. The first-order valence-corrected chi connectivity index (χ1v) is 9.32. The smallest absolute Gasteiger partial charge is 0.337 e. The standard InChI is InChI=1S/C22H34O3/c1-9-21(23)16(8)22(24)25-12-20-18(14(4)5)10-17(13(2)3)11-19(20)15(6)7/h10-11,13-15,23H,9,12H2,1-8H3/b21-16-. The highest BCUT2D eigenvalue weighted by molar-refractivity contribution is 5.88. The number of hydrogen-bond donors (Lipinski definition) is 1. The van der Waals surface area contributed by atoms with Crippen molar-refractivity contribution in [2.75, 3.05) is 0 Å². The maximum absolute atomic E-state index is 12.2. The number of esters is 1. The van der Waals surface area contributed by atoms with Crippen molar-refractivity contribution in [2.45, 2.75) is 86.2 Å². The fourth-order valence-electron chi connectivity index (χ4n) is 2.90. The number of allylic oxidation sites excluding steroid dienone is 1. The van der Waals surface area contributed by atoms with Crippen molar-refractivity contribution in [3.05, 3.63) is 45.7 Å². The molecule has 0 amide bonds. The zero-order valence-corrected chi connectivity index (χ0v) is 17.1. The minimum absolute atomic E-state index is 0.0910. The highest BCUT2D eigenvalue weighted by Crippen LogP contribution is 2.32. The van der Waals surface area contributed by atoms with Crippen LogP contribution in [-0.4, -0.2) is 11.1 Å². The largest absolute Gasteiger partial charge is 0.512 e. The van der Waals surface area contributed by atoms with Crippen LogP contribution in [0.15, 0.2) is 23.5 Å². The molecule has 1 aromatic rings. The number of aliphatic hydroxyl groups excluding tert-OH is 1. The first-order chi connectivity index (χ1) is 11.6. The van der Waals surface area contributed by atoms with Crippen molar-refractivity contribution >= 4 is 5.97 Å².